The fraction of sp³-hybridized carbons (Fsp3) is 0.167. The number of imidazole rings is 1. The number of nitrogens with one attached hydrogen (secondary N) is 1. The predicted octanol–water partition coefficient (Wildman–Crippen LogP) is 2.42. The maximum Gasteiger partial charge on any atom is 0.170 e. The van der Waals surface area contributed by atoms with E-state index in [9.17, 15) is 0 Å². The van der Waals surface area contributed by atoms with E-state index in [4.69, 9.17) is 4.74 Å². The van der Waals surface area contributed by atoms with Gasteiger partial charge in [0.15, 0.2) is 5.82 Å². The molecule has 0 fully saturated rings. The van der Waals surface area contributed by atoms with E-state index in [0.717, 1.165) is 28.9 Å². The van der Waals surface area contributed by atoms with Crippen LogP contribution < -0.4 is 10.1 Å². The molecule has 0 bridgehead atoms. The van der Waals surface area contributed by atoms with E-state index in [1.807, 2.05) is 59.6 Å². The molecule has 0 aliphatic rings. The van der Waals surface area contributed by atoms with E-state index in [1.54, 1.807) is 12.5 Å². The first-order chi connectivity index (χ1) is 13.2. The molecule has 0 radical (unpaired) electrons. The van der Waals surface area contributed by atoms with Crippen LogP contribution in [0.15, 0.2) is 55.4 Å². The molecule has 4 rings (SSSR count). The van der Waals surface area contributed by atoms with Crippen molar-refractivity contribution >= 4 is 11.5 Å². The third kappa shape index (κ3) is 3.76. The average Bonchev–Trinajstić information content (AvgIpc) is 3.33. The fourth-order valence-corrected chi connectivity index (χ4v) is 2.46. The second-order valence-corrected chi connectivity index (χ2v) is 5.89. The number of hydrogen-bond donors (Lipinski definition) is 1. The van der Waals surface area contributed by atoms with Crippen LogP contribution in [0.5, 0.6) is 5.75 Å². The van der Waals surface area contributed by atoms with E-state index in [0.29, 0.717) is 12.4 Å². The summed E-state index contributed by atoms with van der Waals surface area (Å²) < 4.78 is 9.50. The van der Waals surface area contributed by atoms with Crippen LogP contribution in [0.3, 0.4) is 0 Å². The van der Waals surface area contributed by atoms with Gasteiger partial charge in [0.2, 0.25) is 0 Å². The molecule has 1 aromatic carbocycles. The standard InChI is InChI=1S/C18H18N8O/c1-13-23-24-18(25(13)2)10-27-15-5-3-14(4-6-15)22-16-9-17(21-11-20-16)26-8-7-19-12-26/h3-9,11-12H,10H2,1-2H3,(H,20,21,22). The van der Waals surface area contributed by atoms with Gasteiger partial charge in [0.05, 0.1) is 0 Å². The van der Waals surface area contributed by atoms with Gasteiger partial charge in [-0.1, -0.05) is 0 Å². The molecule has 136 valence electrons. The second kappa shape index (κ2) is 7.24. The van der Waals surface area contributed by atoms with Gasteiger partial charge in [0.25, 0.3) is 0 Å². The number of benzene rings is 1. The molecular weight excluding hydrogens is 344 g/mol. The maximum atomic E-state index is 5.77. The van der Waals surface area contributed by atoms with Crippen molar-refractivity contribution in [2.45, 2.75) is 13.5 Å². The summed E-state index contributed by atoms with van der Waals surface area (Å²) in [5.41, 5.74) is 0.895. The van der Waals surface area contributed by atoms with Gasteiger partial charge in [-0.2, -0.15) is 0 Å². The molecule has 3 heterocycles. The Morgan fingerprint density at radius 2 is 1.96 bits per heavy atom. The van der Waals surface area contributed by atoms with Crippen molar-refractivity contribution in [1.29, 1.82) is 0 Å². The first-order valence-electron chi connectivity index (χ1n) is 8.34. The topological polar surface area (TPSA) is 95.6 Å². The Bertz CT molecular complexity index is 1020. The lowest BCUT2D eigenvalue weighted by Gasteiger charge is -2.09. The van der Waals surface area contributed by atoms with Crippen molar-refractivity contribution in [1.82, 2.24) is 34.3 Å². The Hall–Kier alpha value is -3.75. The minimum absolute atomic E-state index is 0.365. The number of anilines is 2. The lowest BCUT2D eigenvalue weighted by Crippen LogP contribution is -2.04. The fourth-order valence-electron chi connectivity index (χ4n) is 2.46. The summed E-state index contributed by atoms with van der Waals surface area (Å²) in [6.07, 6.45) is 6.74. The lowest BCUT2D eigenvalue weighted by molar-refractivity contribution is 0.291. The normalized spacial score (nSPS) is 10.7. The molecule has 9 nitrogen and oxygen atoms in total. The number of aromatic nitrogens is 7. The van der Waals surface area contributed by atoms with Crippen LogP contribution >= 0.6 is 0 Å². The third-order valence-electron chi connectivity index (χ3n) is 4.10. The first-order valence-corrected chi connectivity index (χ1v) is 8.34. The number of rotatable bonds is 6. The van der Waals surface area contributed by atoms with Gasteiger partial charge < -0.3 is 14.6 Å². The van der Waals surface area contributed by atoms with Crippen LogP contribution in [0.4, 0.5) is 11.5 Å². The number of nitrogens with zero attached hydrogens (tertiary/aromatic N) is 7. The molecule has 0 atom stereocenters. The monoisotopic (exact) mass is 362 g/mol. The van der Waals surface area contributed by atoms with E-state index in [2.05, 4.69) is 30.5 Å². The van der Waals surface area contributed by atoms with Crippen LogP contribution in [0.2, 0.25) is 0 Å². The molecule has 27 heavy (non-hydrogen) atoms. The smallest absolute Gasteiger partial charge is 0.170 e. The summed E-state index contributed by atoms with van der Waals surface area (Å²) in [5.74, 6) is 3.82. The Labute approximate surface area is 155 Å². The maximum absolute atomic E-state index is 5.77. The molecule has 0 saturated carbocycles. The van der Waals surface area contributed by atoms with Gasteiger partial charge in [-0.05, 0) is 31.2 Å². The quantitative estimate of drug-likeness (QED) is 0.563. The van der Waals surface area contributed by atoms with Gasteiger partial charge >= 0.3 is 0 Å². The van der Waals surface area contributed by atoms with Gasteiger partial charge in [-0.25, -0.2) is 15.0 Å². The molecule has 0 unspecified atom stereocenters. The lowest BCUT2D eigenvalue weighted by atomic mass is 10.3. The van der Waals surface area contributed by atoms with E-state index < -0.39 is 0 Å². The summed E-state index contributed by atoms with van der Waals surface area (Å²) >= 11 is 0. The zero-order valence-corrected chi connectivity index (χ0v) is 14.9. The summed E-state index contributed by atoms with van der Waals surface area (Å²) in [5, 5.41) is 11.4. The summed E-state index contributed by atoms with van der Waals surface area (Å²) in [7, 11) is 1.92. The minimum atomic E-state index is 0.365. The molecular formula is C18H18N8O. The van der Waals surface area contributed by atoms with E-state index in [-0.39, 0.29) is 0 Å². The van der Waals surface area contributed by atoms with Gasteiger partial charge in [-0.3, -0.25) is 4.57 Å². The highest BCUT2D eigenvalue weighted by atomic mass is 16.5. The van der Waals surface area contributed by atoms with Gasteiger partial charge in [-0.15, -0.1) is 10.2 Å². The Morgan fingerprint density at radius 3 is 2.67 bits per heavy atom. The van der Waals surface area contributed by atoms with E-state index >= 15 is 0 Å². The SMILES string of the molecule is Cc1nnc(COc2ccc(Nc3cc(-n4ccnc4)ncn3)cc2)n1C. The highest BCUT2D eigenvalue weighted by molar-refractivity contribution is 5.58. The molecule has 4 aromatic rings. The zero-order valence-electron chi connectivity index (χ0n) is 14.9. The molecule has 0 aliphatic heterocycles. The minimum Gasteiger partial charge on any atom is -0.486 e. The number of aryl methyl sites for hydroxylation is 1. The molecule has 9 heteroatoms. The van der Waals surface area contributed by atoms with Crippen LogP contribution in [-0.4, -0.2) is 34.3 Å². The van der Waals surface area contributed by atoms with E-state index in [1.165, 1.54) is 6.33 Å². The number of hydrogen-bond acceptors (Lipinski definition) is 7. The predicted molar refractivity (Wildman–Crippen MR) is 99.0 cm³/mol. The Morgan fingerprint density at radius 1 is 1.11 bits per heavy atom. The molecule has 0 spiro atoms. The summed E-state index contributed by atoms with van der Waals surface area (Å²) in [6, 6.07) is 9.49. The van der Waals surface area contributed by atoms with Crippen molar-refractivity contribution in [3.8, 4) is 11.6 Å². The molecule has 0 aliphatic carbocycles. The third-order valence-corrected chi connectivity index (χ3v) is 4.10. The van der Waals surface area contributed by atoms with Gasteiger partial charge in [0.1, 0.15) is 42.5 Å². The van der Waals surface area contributed by atoms with Crippen LogP contribution in [0.1, 0.15) is 11.6 Å². The van der Waals surface area contributed by atoms with Crippen molar-refractivity contribution in [3.05, 3.63) is 67.0 Å². The molecule has 1 N–H and O–H groups in total. The van der Waals surface area contributed by atoms with Crippen molar-refractivity contribution in [2.75, 3.05) is 5.32 Å². The highest BCUT2D eigenvalue weighted by Crippen LogP contribution is 2.20. The second-order valence-electron chi connectivity index (χ2n) is 5.89. The first kappa shape index (κ1) is 16.7. The van der Waals surface area contributed by atoms with Crippen molar-refractivity contribution in [2.24, 2.45) is 7.05 Å². The largest absolute Gasteiger partial charge is 0.486 e. The highest BCUT2D eigenvalue weighted by Gasteiger charge is 2.06. The number of ether oxygens (including phenoxy) is 1. The average molecular weight is 362 g/mol. The van der Waals surface area contributed by atoms with Crippen LogP contribution in [-0.2, 0) is 13.7 Å². The molecule has 0 amide bonds. The van der Waals surface area contributed by atoms with Gasteiger partial charge in [0, 0.05) is 31.2 Å². The summed E-state index contributed by atoms with van der Waals surface area (Å²) in [6.45, 7) is 2.27. The Kier molecular flexibility index (Phi) is 4.48. The van der Waals surface area contributed by atoms with Crippen molar-refractivity contribution in [3.63, 3.8) is 0 Å². The zero-order chi connectivity index (χ0) is 18.6. The van der Waals surface area contributed by atoms with Crippen molar-refractivity contribution < 1.29 is 4.74 Å². The molecule has 0 saturated heterocycles. The van der Waals surface area contributed by atoms with Crippen LogP contribution in [0, 0.1) is 6.92 Å². The summed E-state index contributed by atoms with van der Waals surface area (Å²) in [4.78, 5) is 12.5. The Balaban J connectivity index is 1.41. The van der Waals surface area contributed by atoms with Crippen LogP contribution in [0.25, 0.3) is 5.82 Å². The molecule has 3 aromatic heterocycles.